The summed E-state index contributed by atoms with van der Waals surface area (Å²) >= 11 is 1.36. The summed E-state index contributed by atoms with van der Waals surface area (Å²) in [5.41, 5.74) is 7.64. The summed E-state index contributed by atoms with van der Waals surface area (Å²) in [6.07, 6.45) is 22.6. The molecule has 0 bridgehead atoms. The van der Waals surface area contributed by atoms with Crippen molar-refractivity contribution < 1.29 is 22.3 Å². The highest BCUT2D eigenvalue weighted by Crippen LogP contribution is 2.61. The minimum atomic E-state index is -1.98. The van der Waals surface area contributed by atoms with Crippen molar-refractivity contribution in [1.82, 2.24) is 0 Å². The third-order valence-electron chi connectivity index (χ3n) is 11.0. The van der Waals surface area contributed by atoms with E-state index in [0.29, 0.717) is 18.6 Å². The van der Waals surface area contributed by atoms with Crippen molar-refractivity contribution >= 4 is 33.2 Å². The van der Waals surface area contributed by atoms with Crippen molar-refractivity contribution in [2.24, 2.45) is 10.8 Å². The summed E-state index contributed by atoms with van der Waals surface area (Å²) in [5, 5.41) is 0.855. The van der Waals surface area contributed by atoms with Crippen LogP contribution < -0.4 is 13.6 Å². The van der Waals surface area contributed by atoms with Crippen LogP contribution >= 0.6 is 27.6 Å². The molecule has 2 aliphatic heterocycles. The van der Waals surface area contributed by atoms with Crippen LogP contribution in [0.3, 0.4) is 0 Å². The molecule has 2 heterocycles. The number of hydrogen-bond donors (Lipinski definition) is 0. The number of para-hydroxylation sites is 2. The molecule has 2 unspecified atom stereocenters. The van der Waals surface area contributed by atoms with E-state index < -0.39 is 16.0 Å². The normalized spacial score (nSPS) is 20.4. The molecule has 0 spiro atoms. The maximum absolute atomic E-state index is 7.32. The fourth-order valence-electron chi connectivity index (χ4n) is 7.27. The van der Waals surface area contributed by atoms with E-state index in [1.54, 1.807) is 6.08 Å². The Morgan fingerprint density at radius 1 is 0.730 bits per heavy atom. The van der Waals surface area contributed by atoms with Gasteiger partial charge in [0.1, 0.15) is 40.4 Å². The Kier molecular flexibility index (Phi) is 15.0. The number of rotatable bonds is 8. The quantitative estimate of drug-likeness (QED) is 0.128. The minimum Gasteiger partial charge on any atom is -0.455 e. The first-order valence-electron chi connectivity index (χ1n) is 21.8. The van der Waals surface area contributed by atoms with Gasteiger partial charge in [-0.2, -0.15) is 0 Å². The van der Waals surface area contributed by atoms with Gasteiger partial charge in [0.2, 0.25) is 7.35 Å². The van der Waals surface area contributed by atoms with Gasteiger partial charge < -0.3 is 22.3 Å². The van der Waals surface area contributed by atoms with E-state index in [2.05, 4.69) is 151 Å². The lowest BCUT2D eigenvalue weighted by Gasteiger charge is -2.32. The predicted molar refractivity (Wildman–Crippen MR) is 271 cm³/mol. The van der Waals surface area contributed by atoms with E-state index in [-0.39, 0.29) is 21.7 Å². The molecule has 332 valence electrons. The molecule has 0 saturated heterocycles. The summed E-state index contributed by atoms with van der Waals surface area (Å²) in [7, 11) is -3.38. The lowest BCUT2D eigenvalue weighted by atomic mass is 9.77. The van der Waals surface area contributed by atoms with Crippen LogP contribution in [0.4, 0.5) is 0 Å². The zero-order valence-corrected chi connectivity index (χ0v) is 42.0. The zero-order valence-electron chi connectivity index (χ0n) is 39.4. The third kappa shape index (κ3) is 12.2. The molecule has 0 aromatic heterocycles. The van der Waals surface area contributed by atoms with E-state index >= 15 is 0 Å². The van der Waals surface area contributed by atoms with Gasteiger partial charge in [0.05, 0.1) is 0 Å². The average molecular weight is 901 g/mol. The van der Waals surface area contributed by atoms with E-state index in [4.69, 9.17) is 22.3 Å². The van der Waals surface area contributed by atoms with Crippen molar-refractivity contribution in [3.05, 3.63) is 190 Å². The van der Waals surface area contributed by atoms with Crippen LogP contribution in [0.2, 0.25) is 0 Å². The second-order valence-corrected chi connectivity index (χ2v) is 24.3. The predicted octanol–water partition coefficient (Wildman–Crippen LogP) is 17.5. The van der Waals surface area contributed by atoms with Gasteiger partial charge in [0, 0.05) is 34.0 Å². The first-order chi connectivity index (χ1) is 29.6. The van der Waals surface area contributed by atoms with E-state index in [9.17, 15) is 0 Å². The van der Waals surface area contributed by atoms with Gasteiger partial charge in [0.15, 0.2) is 0 Å². The van der Waals surface area contributed by atoms with E-state index in [0.717, 1.165) is 62.6 Å². The highest BCUT2D eigenvalue weighted by Gasteiger charge is 2.37. The lowest BCUT2D eigenvalue weighted by Crippen LogP contribution is -2.20. The summed E-state index contributed by atoms with van der Waals surface area (Å²) in [6, 6.07) is 20.9. The second kappa shape index (κ2) is 19.7. The molecule has 0 N–H and O–H groups in total. The van der Waals surface area contributed by atoms with Crippen molar-refractivity contribution in [2.75, 3.05) is 0 Å². The monoisotopic (exact) mass is 900 g/mol. The van der Waals surface area contributed by atoms with Crippen LogP contribution in [0, 0.1) is 10.8 Å². The second-order valence-electron chi connectivity index (χ2n) is 20.3. The van der Waals surface area contributed by atoms with Gasteiger partial charge in [-0.1, -0.05) is 187 Å². The molecule has 3 aliphatic rings. The van der Waals surface area contributed by atoms with Crippen molar-refractivity contribution in [1.29, 1.82) is 0 Å². The maximum Gasteiger partial charge on any atom is 0.529 e. The van der Waals surface area contributed by atoms with Crippen molar-refractivity contribution in [3.63, 3.8) is 0 Å². The van der Waals surface area contributed by atoms with Crippen LogP contribution in [-0.4, -0.2) is 0 Å². The van der Waals surface area contributed by atoms with Gasteiger partial charge >= 0.3 is 8.60 Å². The number of fused-ring (bicyclic) bond motifs is 2. The Hall–Kier alpha value is -4.47. The molecule has 0 saturated carbocycles. The molecular formula is C55H66O5P2S. The molecule has 8 heteroatoms. The van der Waals surface area contributed by atoms with Gasteiger partial charge in [-0.3, -0.25) is 0 Å². The molecule has 0 fully saturated rings. The van der Waals surface area contributed by atoms with Crippen LogP contribution in [0.1, 0.15) is 117 Å². The summed E-state index contributed by atoms with van der Waals surface area (Å²) in [4.78, 5) is 0. The molecular weight excluding hydrogens is 835 g/mol. The highest BCUT2D eigenvalue weighted by molar-refractivity contribution is 8.53. The van der Waals surface area contributed by atoms with Crippen LogP contribution in [0.25, 0.3) is 5.57 Å². The summed E-state index contributed by atoms with van der Waals surface area (Å²) in [6.45, 7) is 35.5. The minimum absolute atomic E-state index is 0.174. The van der Waals surface area contributed by atoms with Crippen LogP contribution in [0.15, 0.2) is 163 Å². The van der Waals surface area contributed by atoms with E-state index in [1.807, 2.05) is 60.7 Å². The first kappa shape index (κ1) is 48.0. The van der Waals surface area contributed by atoms with Gasteiger partial charge in [-0.05, 0) is 87.1 Å². The van der Waals surface area contributed by atoms with E-state index in [1.165, 1.54) is 28.4 Å². The Morgan fingerprint density at radius 3 is 2.06 bits per heavy atom. The summed E-state index contributed by atoms with van der Waals surface area (Å²) < 4.78 is 35.0. The Morgan fingerprint density at radius 2 is 1.41 bits per heavy atom. The topological polar surface area (TPSA) is 46.2 Å². The molecule has 3 aromatic rings. The molecule has 2 atom stereocenters. The Labute approximate surface area is 385 Å². The lowest BCUT2D eigenvalue weighted by molar-refractivity contribution is 0.333. The smallest absolute Gasteiger partial charge is 0.455 e. The molecule has 1 aliphatic carbocycles. The van der Waals surface area contributed by atoms with Crippen LogP contribution in [-0.2, 0) is 32.4 Å². The Bertz CT molecular complexity index is 2420. The molecule has 5 nitrogen and oxygen atoms in total. The molecule has 63 heavy (non-hydrogen) atoms. The highest BCUT2D eigenvalue weighted by atomic mass is 32.7. The third-order valence-corrected chi connectivity index (χ3v) is 15.0. The fraction of sp³-hybridized carbons (Fsp3) is 0.345. The molecule has 0 radical (unpaired) electrons. The molecule has 0 amide bonds. The van der Waals surface area contributed by atoms with Crippen molar-refractivity contribution in [2.45, 2.75) is 113 Å². The first-order valence-corrected chi connectivity index (χ1v) is 25.5. The number of allylic oxidation sites excluding steroid dienone is 15. The molecule has 6 rings (SSSR count). The van der Waals surface area contributed by atoms with Gasteiger partial charge in [0.25, 0.3) is 0 Å². The Balaban J connectivity index is 1.59. The fourth-order valence-corrected chi connectivity index (χ4v) is 10.8. The van der Waals surface area contributed by atoms with Crippen LogP contribution in [0.5, 0.6) is 17.2 Å². The zero-order chi connectivity index (χ0) is 45.7. The maximum atomic E-state index is 7.32. The number of benzene rings is 3. The van der Waals surface area contributed by atoms with Gasteiger partial charge in [-0.25, -0.2) is 0 Å². The SMILES string of the molecule is C=C/C=C\C=C1/Cc2ccccc2OP(Oc2c(C3=CC(C(C)(C)C)=CCC(C(C)(C)C)=C3OSP3Oc4ccccc4C/C=C\C=C/C3=C)cc(C(C)(C)C)cc2C(C)(C)C)O1. The number of hydrogen-bond acceptors (Lipinski definition) is 6. The average Bonchev–Trinajstić information content (AvgIpc) is 3.51. The van der Waals surface area contributed by atoms with Gasteiger partial charge in [-0.15, -0.1) is 0 Å². The standard InChI is InChI=1S/C55H66O5P2S/c1-15-16-18-29-43-34-40-28-22-24-31-49(40)58-62(56-43)59-50-44(36-42(53(6,7)8)37-47(50)55(12,13)14)45-35-41(52(3,4)5)32-33-46(54(9,10)11)51(45)60-63-61-38(2)25-19-17-20-26-39-27-21-23-30-48(39)57-61/h15-25,27-32,35-37H,1-2,26,33-34H2,3-14H3/b18-16-,20-17-,25-19-,43-29+. The van der Waals surface area contributed by atoms with Crippen molar-refractivity contribution in [3.8, 4) is 17.2 Å². The molecule has 3 aromatic carbocycles. The largest absolute Gasteiger partial charge is 0.529 e. The summed E-state index contributed by atoms with van der Waals surface area (Å²) in [5.74, 6) is 3.82.